The summed E-state index contributed by atoms with van der Waals surface area (Å²) < 4.78 is 0. The molecular formula is C17H13N7O6S. The first-order chi connectivity index (χ1) is 14.7. The van der Waals surface area contributed by atoms with Gasteiger partial charge in [0.1, 0.15) is 11.8 Å². The van der Waals surface area contributed by atoms with E-state index in [0.717, 1.165) is 6.07 Å². The molecular weight excluding hydrogens is 430 g/mol. The number of aliphatic hydroxyl groups is 1. The number of H-pyrrole nitrogens is 1. The molecule has 0 aliphatic carbocycles. The van der Waals surface area contributed by atoms with Gasteiger partial charge in [0, 0.05) is 24.3 Å². The number of nitrogens with one attached hydrogen (secondary N) is 2. The zero-order chi connectivity index (χ0) is 22.7. The largest absolute Gasteiger partial charge is 0.382 e. The predicted molar refractivity (Wildman–Crippen MR) is 114 cm³/mol. The lowest BCUT2D eigenvalue weighted by molar-refractivity contribution is -0.385. The van der Waals surface area contributed by atoms with Gasteiger partial charge in [-0.1, -0.05) is 0 Å². The number of nitro benzene ring substituents is 2. The van der Waals surface area contributed by atoms with Crippen molar-refractivity contribution in [3.63, 3.8) is 0 Å². The zero-order valence-corrected chi connectivity index (χ0v) is 16.2. The Kier molecular flexibility index (Phi) is 5.94. The Morgan fingerprint density at radius 1 is 1.16 bits per heavy atom. The van der Waals surface area contributed by atoms with Crippen LogP contribution in [0.2, 0.25) is 0 Å². The van der Waals surface area contributed by atoms with E-state index in [0.29, 0.717) is 0 Å². The summed E-state index contributed by atoms with van der Waals surface area (Å²) in [5.74, 6) is 0. The van der Waals surface area contributed by atoms with E-state index in [1.807, 2.05) is 0 Å². The second-order valence-electron chi connectivity index (χ2n) is 6.10. The second-order valence-corrected chi connectivity index (χ2v) is 6.54. The summed E-state index contributed by atoms with van der Waals surface area (Å²) in [5, 5.41) is 36.2. The number of aromatic amines is 1. The van der Waals surface area contributed by atoms with Gasteiger partial charge in [-0.05, 0) is 36.0 Å². The number of nitrogens with two attached hydrogens (primary N) is 1. The number of benzene rings is 2. The van der Waals surface area contributed by atoms with Gasteiger partial charge in [-0.3, -0.25) is 30.4 Å². The third-order valence-electron chi connectivity index (χ3n) is 4.09. The second kappa shape index (κ2) is 8.60. The van der Waals surface area contributed by atoms with E-state index in [9.17, 15) is 30.1 Å². The Labute approximate surface area is 177 Å². The average molecular weight is 443 g/mol. The molecule has 14 heteroatoms. The first-order valence-electron chi connectivity index (χ1n) is 8.41. The smallest absolute Gasteiger partial charge is 0.276 e. The SMILES string of the molecule is NC(=S)N/N=C(\c1nc2ccc([N+](=O)[O-])cc2[nH]c1=O)[C@H](O)c1ccc([N+](=O)[O-])cc1. The molecule has 1 atom stereocenters. The molecule has 0 spiro atoms. The first-order valence-corrected chi connectivity index (χ1v) is 8.82. The van der Waals surface area contributed by atoms with Crippen LogP contribution in [0.3, 0.4) is 0 Å². The van der Waals surface area contributed by atoms with E-state index < -0.39 is 21.5 Å². The fourth-order valence-corrected chi connectivity index (χ4v) is 2.70. The van der Waals surface area contributed by atoms with Crippen LogP contribution in [0.4, 0.5) is 11.4 Å². The zero-order valence-electron chi connectivity index (χ0n) is 15.4. The number of nitro groups is 2. The molecule has 0 bridgehead atoms. The number of hydrazone groups is 1. The molecule has 31 heavy (non-hydrogen) atoms. The van der Waals surface area contributed by atoms with Gasteiger partial charge in [-0.15, -0.1) is 0 Å². The standard InChI is InChI=1S/C17H13N7O6S/c18-17(31)22-21-13(15(25)8-1-3-9(4-2-8)23(27)28)14-16(26)20-12-7-10(24(29)30)5-6-11(12)19-14/h1-7,15,25H,(H,20,26)(H3,18,22,31)/b21-13+/t15-/m1/s1. The highest BCUT2D eigenvalue weighted by molar-refractivity contribution is 7.80. The van der Waals surface area contributed by atoms with Crippen LogP contribution in [0.5, 0.6) is 0 Å². The van der Waals surface area contributed by atoms with Crippen molar-refractivity contribution in [2.75, 3.05) is 0 Å². The van der Waals surface area contributed by atoms with Gasteiger partial charge in [-0.25, -0.2) is 4.98 Å². The molecule has 0 radical (unpaired) electrons. The summed E-state index contributed by atoms with van der Waals surface area (Å²) in [6.45, 7) is 0. The van der Waals surface area contributed by atoms with Crippen molar-refractivity contribution in [1.82, 2.24) is 15.4 Å². The highest BCUT2D eigenvalue weighted by atomic mass is 32.1. The van der Waals surface area contributed by atoms with Crippen LogP contribution in [-0.4, -0.2) is 35.7 Å². The maximum atomic E-state index is 12.6. The molecule has 158 valence electrons. The van der Waals surface area contributed by atoms with Gasteiger partial charge < -0.3 is 15.8 Å². The molecule has 1 heterocycles. The molecule has 5 N–H and O–H groups in total. The molecule has 0 unspecified atom stereocenters. The molecule has 1 aromatic heterocycles. The van der Waals surface area contributed by atoms with E-state index in [1.165, 1.54) is 36.4 Å². The summed E-state index contributed by atoms with van der Waals surface area (Å²) in [6.07, 6.45) is -1.54. The van der Waals surface area contributed by atoms with Gasteiger partial charge in [0.15, 0.2) is 10.8 Å². The Morgan fingerprint density at radius 3 is 2.35 bits per heavy atom. The molecule has 0 fully saturated rings. The molecule has 2 aromatic carbocycles. The maximum Gasteiger partial charge on any atom is 0.276 e. The van der Waals surface area contributed by atoms with Crippen LogP contribution in [0.25, 0.3) is 11.0 Å². The lowest BCUT2D eigenvalue weighted by Crippen LogP contribution is -2.31. The Hall–Kier alpha value is -4.30. The van der Waals surface area contributed by atoms with E-state index in [2.05, 4.69) is 20.5 Å². The van der Waals surface area contributed by atoms with Gasteiger partial charge in [0.05, 0.1) is 20.9 Å². The Morgan fingerprint density at radius 2 is 1.77 bits per heavy atom. The summed E-state index contributed by atoms with van der Waals surface area (Å²) in [5.41, 5.74) is 6.30. The van der Waals surface area contributed by atoms with Crippen molar-refractivity contribution in [3.8, 4) is 0 Å². The predicted octanol–water partition coefficient (Wildman–Crippen LogP) is 1.01. The normalized spacial score (nSPS) is 12.4. The van der Waals surface area contributed by atoms with Crippen molar-refractivity contribution in [2.45, 2.75) is 6.10 Å². The van der Waals surface area contributed by atoms with E-state index in [4.69, 9.17) is 18.0 Å². The number of non-ortho nitro benzene ring substituents is 2. The Bertz CT molecular complexity index is 1290. The lowest BCUT2D eigenvalue weighted by atomic mass is 10.0. The summed E-state index contributed by atoms with van der Waals surface area (Å²) in [4.78, 5) is 39.8. The maximum absolute atomic E-state index is 12.6. The average Bonchev–Trinajstić information content (AvgIpc) is 2.73. The van der Waals surface area contributed by atoms with Crippen molar-refractivity contribution in [1.29, 1.82) is 0 Å². The fraction of sp³-hybridized carbons (Fsp3) is 0.0588. The number of rotatable bonds is 6. The monoisotopic (exact) mass is 443 g/mol. The summed E-state index contributed by atoms with van der Waals surface area (Å²) in [6, 6.07) is 8.60. The minimum absolute atomic E-state index is 0.106. The lowest BCUT2D eigenvalue weighted by Gasteiger charge is -2.14. The number of aliphatic hydroxyl groups excluding tert-OH is 1. The number of nitrogens with zero attached hydrogens (tertiary/aromatic N) is 4. The van der Waals surface area contributed by atoms with Crippen LogP contribution in [0, 0.1) is 20.2 Å². The minimum Gasteiger partial charge on any atom is -0.382 e. The summed E-state index contributed by atoms with van der Waals surface area (Å²) >= 11 is 4.69. The van der Waals surface area contributed by atoms with Crippen LogP contribution >= 0.6 is 12.2 Å². The first kappa shape index (κ1) is 21.4. The number of hydrogen-bond donors (Lipinski definition) is 4. The van der Waals surface area contributed by atoms with E-state index >= 15 is 0 Å². The highest BCUT2D eigenvalue weighted by Crippen LogP contribution is 2.22. The van der Waals surface area contributed by atoms with Gasteiger partial charge in [0.25, 0.3) is 16.9 Å². The Balaban J connectivity index is 2.11. The highest BCUT2D eigenvalue weighted by Gasteiger charge is 2.23. The quantitative estimate of drug-likeness (QED) is 0.184. The van der Waals surface area contributed by atoms with Crippen LogP contribution in [0.1, 0.15) is 17.4 Å². The van der Waals surface area contributed by atoms with Gasteiger partial charge >= 0.3 is 0 Å². The topological polar surface area (TPSA) is 203 Å². The molecule has 0 aliphatic heterocycles. The molecule has 0 amide bonds. The van der Waals surface area contributed by atoms with E-state index in [1.54, 1.807) is 0 Å². The number of thiocarbonyl (C=S) groups is 1. The minimum atomic E-state index is -1.54. The van der Waals surface area contributed by atoms with Crippen molar-refractivity contribution >= 4 is 45.5 Å². The van der Waals surface area contributed by atoms with Crippen molar-refractivity contribution in [2.24, 2.45) is 10.8 Å². The van der Waals surface area contributed by atoms with Gasteiger partial charge in [-0.2, -0.15) is 5.10 Å². The fourth-order valence-electron chi connectivity index (χ4n) is 2.66. The van der Waals surface area contributed by atoms with Crippen LogP contribution in [0.15, 0.2) is 52.4 Å². The third kappa shape index (κ3) is 4.65. The molecule has 13 nitrogen and oxygen atoms in total. The molecule has 3 aromatic rings. The number of fused-ring (bicyclic) bond motifs is 1. The third-order valence-corrected chi connectivity index (χ3v) is 4.19. The molecule has 0 aliphatic rings. The van der Waals surface area contributed by atoms with Gasteiger partial charge in [0.2, 0.25) is 0 Å². The molecule has 0 saturated carbocycles. The summed E-state index contributed by atoms with van der Waals surface area (Å²) in [7, 11) is 0. The number of hydrogen-bond acceptors (Lipinski definition) is 9. The molecule has 3 rings (SSSR count). The van der Waals surface area contributed by atoms with Crippen LogP contribution in [-0.2, 0) is 0 Å². The molecule has 0 saturated heterocycles. The number of aromatic nitrogens is 2. The van der Waals surface area contributed by atoms with Crippen molar-refractivity contribution in [3.05, 3.63) is 84.3 Å². The van der Waals surface area contributed by atoms with E-state index in [-0.39, 0.29) is 44.5 Å². The van der Waals surface area contributed by atoms with Crippen LogP contribution < -0.4 is 16.7 Å². The van der Waals surface area contributed by atoms with Crippen molar-refractivity contribution < 1.29 is 15.0 Å².